The molecule has 29 heavy (non-hydrogen) atoms. The molecular formula is C22H32N6O. The molecule has 7 nitrogen and oxygen atoms in total. The first-order chi connectivity index (χ1) is 13.8. The summed E-state index contributed by atoms with van der Waals surface area (Å²) in [6.45, 7) is 10.2. The number of hydrogen-bond donors (Lipinski definition) is 1. The molecule has 3 rings (SSSR count). The molecule has 156 valence electrons. The van der Waals surface area contributed by atoms with Gasteiger partial charge in [0.15, 0.2) is 0 Å². The number of carbonyl (C=O) groups excluding carboxylic acids is 1. The Kier molecular flexibility index (Phi) is 6.37. The minimum atomic E-state index is 0.113. The monoisotopic (exact) mass is 396 g/mol. The molecule has 1 N–H and O–H groups in total. The van der Waals surface area contributed by atoms with Crippen LogP contribution >= 0.6 is 0 Å². The van der Waals surface area contributed by atoms with Crippen LogP contribution in [0.4, 0.5) is 5.69 Å². The highest BCUT2D eigenvalue weighted by molar-refractivity contribution is 5.87. The number of amides is 1. The summed E-state index contributed by atoms with van der Waals surface area (Å²) in [6.07, 6.45) is 0.932. The second-order valence-corrected chi connectivity index (χ2v) is 7.97. The summed E-state index contributed by atoms with van der Waals surface area (Å²) in [5.74, 6) is 1.11. The molecule has 1 aliphatic heterocycles. The fraction of sp³-hybridized carbons (Fsp3) is 0.500. The molecule has 1 fully saturated rings. The van der Waals surface area contributed by atoms with Crippen LogP contribution in [0.1, 0.15) is 31.7 Å². The highest BCUT2D eigenvalue weighted by Gasteiger charge is 2.21. The molecule has 1 saturated heterocycles. The number of nitrogens with one attached hydrogen (secondary N) is 1. The summed E-state index contributed by atoms with van der Waals surface area (Å²) in [4.78, 5) is 18.7. The van der Waals surface area contributed by atoms with Crippen molar-refractivity contribution in [2.45, 2.75) is 34.1 Å². The third kappa shape index (κ3) is 4.85. The van der Waals surface area contributed by atoms with E-state index in [-0.39, 0.29) is 11.8 Å². The lowest BCUT2D eigenvalue weighted by Gasteiger charge is -2.24. The maximum atomic E-state index is 11.9. The van der Waals surface area contributed by atoms with Crippen LogP contribution in [-0.2, 0) is 11.8 Å². The molecule has 0 bridgehead atoms. The number of rotatable bonds is 2. The molecule has 0 spiro atoms. The molecule has 1 aromatic heterocycles. The van der Waals surface area contributed by atoms with Gasteiger partial charge in [0.2, 0.25) is 5.91 Å². The van der Waals surface area contributed by atoms with Crippen molar-refractivity contribution in [1.29, 1.82) is 0 Å². The molecule has 0 radical (unpaired) electrons. The first-order valence-electron chi connectivity index (χ1n) is 10.2. The second kappa shape index (κ2) is 8.78. The summed E-state index contributed by atoms with van der Waals surface area (Å²) in [5.41, 5.74) is 8.81. The lowest BCUT2D eigenvalue weighted by molar-refractivity contribution is -0.129. The van der Waals surface area contributed by atoms with Gasteiger partial charge in [0, 0.05) is 57.8 Å². The lowest BCUT2D eigenvalue weighted by Crippen LogP contribution is -2.43. The summed E-state index contributed by atoms with van der Waals surface area (Å²) in [5, 5.41) is 6.56. The van der Waals surface area contributed by atoms with E-state index in [1.54, 1.807) is 6.92 Å². The summed E-state index contributed by atoms with van der Waals surface area (Å²) in [7, 11) is 3.99. The average Bonchev–Trinajstić information content (AvgIpc) is 2.95. The van der Waals surface area contributed by atoms with Gasteiger partial charge >= 0.3 is 0 Å². The Hall–Kier alpha value is -2.67. The van der Waals surface area contributed by atoms with Crippen molar-refractivity contribution in [2.75, 3.05) is 26.7 Å². The zero-order valence-electron chi connectivity index (χ0n) is 18.4. The summed E-state index contributed by atoms with van der Waals surface area (Å²) < 4.78 is 1.92. The molecule has 2 heterocycles. The number of hydrazine groups is 1. The van der Waals surface area contributed by atoms with E-state index in [2.05, 4.69) is 41.5 Å². The van der Waals surface area contributed by atoms with Gasteiger partial charge in [-0.3, -0.25) is 9.48 Å². The number of amidine groups is 1. The predicted molar refractivity (Wildman–Crippen MR) is 117 cm³/mol. The standard InChI is InChI=1S/C22H32N6O/c1-15-14-28(18(4)29)13-7-12-26(5)25-22(15)23-20-10-8-19(9-11-20)21-16(2)24-27(6)17(21)3/h8-11,15H,7,12-14H2,1-6H3,(H,23,25). The van der Waals surface area contributed by atoms with Crippen LogP contribution in [0.25, 0.3) is 11.1 Å². The summed E-state index contributed by atoms with van der Waals surface area (Å²) in [6, 6.07) is 8.28. The molecule has 7 heteroatoms. The maximum absolute atomic E-state index is 11.9. The number of aryl methyl sites for hydroxylation is 2. The van der Waals surface area contributed by atoms with Gasteiger partial charge < -0.3 is 10.3 Å². The zero-order chi connectivity index (χ0) is 21.1. The number of aliphatic imine (C=N–C) groups is 1. The highest BCUT2D eigenvalue weighted by Crippen LogP contribution is 2.28. The largest absolute Gasteiger partial charge is 0.342 e. The first kappa shape index (κ1) is 21.0. The Morgan fingerprint density at radius 1 is 1.17 bits per heavy atom. The van der Waals surface area contributed by atoms with E-state index in [0.717, 1.165) is 48.0 Å². The van der Waals surface area contributed by atoms with Gasteiger partial charge in [-0.15, -0.1) is 0 Å². The molecule has 1 amide bonds. The predicted octanol–water partition coefficient (Wildman–Crippen LogP) is 3.06. The van der Waals surface area contributed by atoms with Gasteiger partial charge in [-0.1, -0.05) is 19.1 Å². The molecule has 0 saturated carbocycles. The molecule has 1 aliphatic rings. The third-order valence-electron chi connectivity index (χ3n) is 5.55. The number of hydrogen-bond acceptors (Lipinski definition) is 4. The van der Waals surface area contributed by atoms with Crippen molar-refractivity contribution in [3.8, 4) is 11.1 Å². The second-order valence-electron chi connectivity index (χ2n) is 7.97. The van der Waals surface area contributed by atoms with E-state index in [1.807, 2.05) is 42.7 Å². The molecule has 2 aromatic rings. The van der Waals surface area contributed by atoms with E-state index in [9.17, 15) is 4.79 Å². The van der Waals surface area contributed by atoms with Crippen molar-refractivity contribution < 1.29 is 4.79 Å². The van der Waals surface area contributed by atoms with E-state index in [0.29, 0.717) is 6.54 Å². The minimum Gasteiger partial charge on any atom is -0.342 e. The van der Waals surface area contributed by atoms with Gasteiger partial charge in [0.1, 0.15) is 5.84 Å². The zero-order valence-corrected chi connectivity index (χ0v) is 18.4. The molecule has 1 atom stereocenters. The lowest BCUT2D eigenvalue weighted by atomic mass is 10.0. The number of carbonyl (C=O) groups is 1. The number of aromatic nitrogens is 2. The Morgan fingerprint density at radius 2 is 1.86 bits per heavy atom. The van der Waals surface area contributed by atoms with Crippen LogP contribution in [0, 0.1) is 19.8 Å². The van der Waals surface area contributed by atoms with Crippen LogP contribution in [0.15, 0.2) is 29.3 Å². The van der Waals surface area contributed by atoms with Crippen molar-refractivity contribution in [1.82, 2.24) is 25.1 Å². The van der Waals surface area contributed by atoms with Crippen LogP contribution in [0.3, 0.4) is 0 Å². The first-order valence-corrected chi connectivity index (χ1v) is 10.2. The topological polar surface area (TPSA) is 65.8 Å². The third-order valence-corrected chi connectivity index (χ3v) is 5.55. The van der Waals surface area contributed by atoms with Crippen LogP contribution in [-0.4, -0.2) is 58.1 Å². The Bertz CT molecular complexity index is 899. The molecule has 1 unspecified atom stereocenters. The van der Waals surface area contributed by atoms with E-state index >= 15 is 0 Å². The number of nitrogens with zero attached hydrogens (tertiary/aromatic N) is 5. The Morgan fingerprint density at radius 3 is 2.45 bits per heavy atom. The normalized spacial score (nSPS) is 20.1. The van der Waals surface area contributed by atoms with Crippen molar-refractivity contribution in [3.05, 3.63) is 35.7 Å². The fourth-order valence-corrected chi connectivity index (χ4v) is 3.82. The van der Waals surface area contributed by atoms with Crippen molar-refractivity contribution in [3.63, 3.8) is 0 Å². The summed E-state index contributed by atoms with van der Waals surface area (Å²) >= 11 is 0. The van der Waals surface area contributed by atoms with Crippen LogP contribution in [0.5, 0.6) is 0 Å². The van der Waals surface area contributed by atoms with Gasteiger partial charge in [0.05, 0.1) is 11.4 Å². The smallest absolute Gasteiger partial charge is 0.219 e. The van der Waals surface area contributed by atoms with Gasteiger partial charge in [-0.25, -0.2) is 10.0 Å². The minimum absolute atomic E-state index is 0.113. The van der Waals surface area contributed by atoms with Gasteiger partial charge in [-0.05, 0) is 38.0 Å². The van der Waals surface area contributed by atoms with E-state index in [4.69, 9.17) is 4.99 Å². The fourth-order valence-electron chi connectivity index (χ4n) is 3.82. The van der Waals surface area contributed by atoms with Crippen molar-refractivity contribution >= 4 is 17.4 Å². The van der Waals surface area contributed by atoms with Gasteiger partial charge in [-0.2, -0.15) is 5.10 Å². The van der Waals surface area contributed by atoms with Crippen molar-refractivity contribution in [2.24, 2.45) is 18.0 Å². The molecule has 1 aromatic carbocycles. The molecule has 0 aliphatic carbocycles. The number of benzene rings is 1. The SMILES string of the molecule is CC(=O)N1CCCN(C)NC(=Nc2ccc(-c3c(C)nn(C)c3C)cc2)C(C)C1. The average molecular weight is 397 g/mol. The molecular weight excluding hydrogens is 364 g/mol. The van der Waals surface area contributed by atoms with Crippen LogP contribution < -0.4 is 5.43 Å². The van der Waals surface area contributed by atoms with Crippen LogP contribution in [0.2, 0.25) is 0 Å². The Labute approximate surface area is 173 Å². The Balaban J connectivity index is 1.87. The quantitative estimate of drug-likeness (QED) is 0.847. The van der Waals surface area contributed by atoms with E-state index < -0.39 is 0 Å². The van der Waals surface area contributed by atoms with E-state index in [1.165, 1.54) is 5.56 Å². The van der Waals surface area contributed by atoms with Gasteiger partial charge in [0.25, 0.3) is 0 Å². The maximum Gasteiger partial charge on any atom is 0.219 e. The highest BCUT2D eigenvalue weighted by atomic mass is 16.2.